The summed E-state index contributed by atoms with van der Waals surface area (Å²) in [6.45, 7) is 2.40. The maximum Gasteiger partial charge on any atom is -0.0210 e. The molecule has 0 heterocycles. The van der Waals surface area contributed by atoms with Gasteiger partial charge in [0.15, 0.2) is 0 Å². The first kappa shape index (κ1) is 13.4. The maximum atomic E-state index is 2.40. The van der Waals surface area contributed by atoms with E-state index in [4.69, 9.17) is 0 Å². The topological polar surface area (TPSA) is 0 Å². The molecule has 2 aliphatic rings. The lowest BCUT2D eigenvalue weighted by Crippen LogP contribution is -2.16. The summed E-state index contributed by atoms with van der Waals surface area (Å²) < 4.78 is 0. The van der Waals surface area contributed by atoms with Crippen molar-refractivity contribution in [2.24, 2.45) is 11.8 Å². The standard InChI is InChI=1S/C17H31/c1-2-15-10-8-9-13-17(14-15)16-11-6-4-3-5-7-12-16/h15,17H,2-14H2,1H3. The van der Waals surface area contributed by atoms with Crippen LogP contribution in [0.25, 0.3) is 0 Å². The van der Waals surface area contributed by atoms with Crippen LogP contribution >= 0.6 is 0 Å². The minimum Gasteiger partial charge on any atom is -0.0651 e. The second-order valence-corrected chi connectivity index (χ2v) is 6.42. The molecular formula is C17H31. The Bertz CT molecular complexity index is 188. The van der Waals surface area contributed by atoms with Gasteiger partial charge in [-0.2, -0.15) is 0 Å². The highest BCUT2D eigenvalue weighted by atomic mass is 14.3. The molecule has 2 aliphatic carbocycles. The highest BCUT2D eigenvalue weighted by Crippen LogP contribution is 2.40. The van der Waals surface area contributed by atoms with Gasteiger partial charge in [-0.15, -0.1) is 0 Å². The molecule has 2 unspecified atom stereocenters. The highest BCUT2D eigenvalue weighted by molar-refractivity contribution is 4.98. The summed E-state index contributed by atoms with van der Waals surface area (Å²) in [5, 5.41) is 0. The van der Waals surface area contributed by atoms with E-state index in [1.54, 1.807) is 0 Å². The number of rotatable bonds is 2. The fraction of sp³-hybridized carbons (Fsp3) is 0.941. The van der Waals surface area contributed by atoms with Crippen LogP contribution in [0.3, 0.4) is 0 Å². The largest absolute Gasteiger partial charge is 0.0651 e. The van der Waals surface area contributed by atoms with Crippen LogP contribution < -0.4 is 0 Å². The monoisotopic (exact) mass is 235 g/mol. The molecule has 0 saturated heterocycles. The molecule has 0 bridgehead atoms. The Kier molecular flexibility index (Phi) is 5.88. The molecule has 0 nitrogen and oxygen atoms in total. The minimum absolute atomic E-state index is 1.01. The molecule has 2 atom stereocenters. The van der Waals surface area contributed by atoms with Gasteiger partial charge in [-0.1, -0.05) is 64.7 Å². The predicted octanol–water partition coefficient (Wildman–Crippen LogP) is 5.91. The smallest absolute Gasteiger partial charge is 0.0210 e. The molecule has 99 valence electrons. The molecule has 1 radical (unpaired) electrons. The van der Waals surface area contributed by atoms with Crippen molar-refractivity contribution in [1.29, 1.82) is 0 Å². The van der Waals surface area contributed by atoms with Crippen LogP contribution in [0.2, 0.25) is 0 Å². The van der Waals surface area contributed by atoms with Crippen LogP contribution in [-0.4, -0.2) is 0 Å². The molecule has 0 amide bonds. The van der Waals surface area contributed by atoms with Crippen molar-refractivity contribution in [2.45, 2.75) is 90.4 Å². The van der Waals surface area contributed by atoms with Crippen LogP contribution in [0.5, 0.6) is 0 Å². The van der Waals surface area contributed by atoms with Gasteiger partial charge in [-0.25, -0.2) is 0 Å². The molecule has 0 heteroatoms. The van der Waals surface area contributed by atoms with Crippen molar-refractivity contribution in [3.05, 3.63) is 5.92 Å². The Morgan fingerprint density at radius 3 is 2.18 bits per heavy atom. The van der Waals surface area contributed by atoms with Crippen molar-refractivity contribution in [3.63, 3.8) is 0 Å². The summed E-state index contributed by atoms with van der Waals surface area (Å²) >= 11 is 0. The summed E-state index contributed by atoms with van der Waals surface area (Å²) in [5.41, 5.74) is 0. The molecular weight excluding hydrogens is 204 g/mol. The summed E-state index contributed by atoms with van der Waals surface area (Å²) in [5.74, 6) is 4.03. The average molecular weight is 235 g/mol. The van der Waals surface area contributed by atoms with Gasteiger partial charge in [0, 0.05) is 0 Å². The van der Waals surface area contributed by atoms with Crippen molar-refractivity contribution < 1.29 is 0 Å². The maximum absolute atomic E-state index is 2.40. The summed E-state index contributed by atoms with van der Waals surface area (Å²) in [4.78, 5) is 0. The zero-order valence-corrected chi connectivity index (χ0v) is 11.8. The highest BCUT2D eigenvalue weighted by Gasteiger charge is 2.26. The Labute approximate surface area is 109 Å². The molecule has 0 spiro atoms. The third kappa shape index (κ3) is 4.30. The SMILES string of the molecule is CCC1CCCCC([C]2CCCCCCC2)C1. The van der Waals surface area contributed by atoms with E-state index in [2.05, 4.69) is 6.92 Å². The van der Waals surface area contributed by atoms with Crippen molar-refractivity contribution >= 4 is 0 Å². The van der Waals surface area contributed by atoms with Gasteiger partial charge in [0.2, 0.25) is 0 Å². The van der Waals surface area contributed by atoms with Gasteiger partial charge in [-0.3, -0.25) is 0 Å². The van der Waals surface area contributed by atoms with Crippen LogP contribution in [-0.2, 0) is 0 Å². The van der Waals surface area contributed by atoms with E-state index in [1.807, 2.05) is 5.92 Å². The molecule has 0 aromatic heterocycles. The van der Waals surface area contributed by atoms with E-state index < -0.39 is 0 Å². The third-order valence-electron chi connectivity index (χ3n) is 5.18. The Morgan fingerprint density at radius 1 is 0.824 bits per heavy atom. The average Bonchev–Trinajstić information content (AvgIpc) is 2.54. The summed E-state index contributed by atoms with van der Waals surface area (Å²) in [6.07, 6.45) is 19.4. The van der Waals surface area contributed by atoms with E-state index in [9.17, 15) is 0 Å². The molecule has 0 N–H and O–H groups in total. The zero-order chi connectivity index (χ0) is 11.9. The van der Waals surface area contributed by atoms with Gasteiger partial charge in [0.05, 0.1) is 0 Å². The Hall–Kier alpha value is 0. The number of hydrogen-bond acceptors (Lipinski definition) is 0. The summed E-state index contributed by atoms with van der Waals surface area (Å²) in [6, 6.07) is 0. The molecule has 2 fully saturated rings. The molecule has 17 heavy (non-hydrogen) atoms. The van der Waals surface area contributed by atoms with Gasteiger partial charge in [0.25, 0.3) is 0 Å². The van der Waals surface area contributed by atoms with Crippen molar-refractivity contribution in [2.75, 3.05) is 0 Å². The first-order valence-electron chi connectivity index (χ1n) is 8.24. The van der Waals surface area contributed by atoms with Gasteiger partial charge < -0.3 is 0 Å². The van der Waals surface area contributed by atoms with Crippen LogP contribution in [0.1, 0.15) is 90.4 Å². The predicted molar refractivity (Wildman–Crippen MR) is 75.9 cm³/mol. The minimum atomic E-state index is 1.01. The second-order valence-electron chi connectivity index (χ2n) is 6.42. The third-order valence-corrected chi connectivity index (χ3v) is 5.18. The fourth-order valence-corrected chi connectivity index (χ4v) is 3.97. The van der Waals surface area contributed by atoms with E-state index >= 15 is 0 Å². The van der Waals surface area contributed by atoms with E-state index in [0.717, 1.165) is 11.8 Å². The Morgan fingerprint density at radius 2 is 1.47 bits per heavy atom. The molecule has 2 saturated carbocycles. The molecule has 0 aliphatic heterocycles. The molecule has 0 aromatic carbocycles. The van der Waals surface area contributed by atoms with Gasteiger partial charge >= 0.3 is 0 Å². The Balaban J connectivity index is 1.88. The van der Waals surface area contributed by atoms with Crippen molar-refractivity contribution in [1.82, 2.24) is 0 Å². The van der Waals surface area contributed by atoms with Crippen LogP contribution in [0, 0.1) is 17.8 Å². The van der Waals surface area contributed by atoms with Crippen molar-refractivity contribution in [3.8, 4) is 0 Å². The van der Waals surface area contributed by atoms with Gasteiger partial charge in [-0.05, 0) is 43.4 Å². The first-order chi connectivity index (χ1) is 8.40. The first-order valence-corrected chi connectivity index (χ1v) is 8.24. The molecule has 0 aromatic rings. The summed E-state index contributed by atoms with van der Waals surface area (Å²) in [7, 11) is 0. The second kappa shape index (κ2) is 7.44. The lowest BCUT2D eigenvalue weighted by Gasteiger charge is -2.29. The van der Waals surface area contributed by atoms with Crippen LogP contribution in [0.15, 0.2) is 0 Å². The van der Waals surface area contributed by atoms with Crippen LogP contribution in [0.4, 0.5) is 0 Å². The normalized spacial score (nSPS) is 33.7. The van der Waals surface area contributed by atoms with Gasteiger partial charge in [0.1, 0.15) is 0 Å². The van der Waals surface area contributed by atoms with E-state index in [1.165, 1.54) is 83.5 Å². The van der Waals surface area contributed by atoms with E-state index in [0.29, 0.717) is 0 Å². The van der Waals surface area contributed by atoms with E-state index in [-0.39, 0.29) is 0 Å². The fourth-order valence-electron chi connectivity index (χ4n) is 3.97. The molecule has 2 rings (SSSR count). The lowest BCUT2D eigenvalue weighted by atomic mass is 9.76. The zero-order valence-electron chi connectivity index (χ0n) is 11.8. The lowest BCUT2D eigenvalue weighted by molar-refractivity contribution is 0.340. The number of hydrogen-bond donors (Lipinski definition) is 0. The quantitative estimate of drug-likeness (QED) is 0.522.